The number of aromatic nitrogens is 3. The van der Waals surface area contributed by atoms with Crippen LogP contribution < -0.4 is 5.73 Å². The SMILES string of the molecule is Cc1csc2nnc(CCCCCN)n12. The Bertz CT molecular complexity index is 431. The molecule has 2 N–H and O–H groups in total. The molecule has 0 aliphatic carbocycles. The van der Waals surface area contributed by atoms with Crippen LogP contribution in [-0.4, -0.2) is 21.1 Å². The maximum absolute atomic E-state index is 5.45. The van der Waals surface area contributed by atoms with Crippen molar-refractivity contribution < 1.29 is 0 Å². The summed E-state index contributed by atoms with van der Waals surface area (Å²) in [4.78, 5) is 1.00. The van der Waals surface area contributed by atoms with Gasteiger partial charge in [-0.3, -0.25) is 4.40 Å². The van der Waals surface area contributed by atoms with Crippen molar-refractivity contribution in [2.75, 3.05) is 6.54 Å². The third-order valence-electron chi connectivity index (χ3n) is 2.49. The number of rotatable bonds is 5. The average molecular weight is 224 g/mol. The van der Waals surface area contributed by atoms with Gasteiger partial charge < -0.3 is 5.73 Å². The Hall–Kier alpha value is -0.940. The van der Waals surface area contributed by atoms with Crippen LogP contribution in [0.15, 0.2) is 5.38 Å². The molecule has 0 aromatic carbocycles. The Morgan fingerprint density at radius 1 is 1.33 bits per heavy atom. The van der Waals surface area contributed by atoms with Gasteiger partial charge >= 0.3 is 0 Å². The van der Waals surface area contributed by atoms with Crippen LogP contribution in [-0.2, 0) is 6.42 Å². The van der Waals surface area contributed by atoms with Crippen LogP contribution in [0.5, 0.6) is 0 Å². The van der Waals surface area contributed by atoms with E-state index in [2.05, 4.69) is 26.9 Å². The van der Waals surface area contributed by atoms with Crippen molar-refractivity contribution in [2.45, 2.75) is 32.6 Å². The quantitative estimate of drug-likeness (QED) is 0.787. The van der Waals surface area contributed by atoms with E-state index >= 15 is 0 Å². The number of nitrogens with zero attached hydrogens (tertiary/aromatic N) is 3. The number of hydrogen-bond donors (Lipinski definition) is 1. The van der Waals surface area contributed by atoms with Gasteiger partial charge in [-0.15, -0.1) is 21.5 Å². The first-order valence-corrected chi connectivity index (χ1v) is 6.19. The van der Waals surface area contributed by atoms with Crippen molar-refractivity contribution in [2.24, 2.45) is 5.73 Å². The third kappa shape index (κ3) is 2.18. The van der Waals surface area contributed by atoms with E-state index in [1.165, 1.54) is 12.1 Å². The van der Waals surface area contributed by atoms with Crippen LogP contribution >= 0.6 is 11.3 Å². The van der Waals surface area contributed by atoms with Crippen LogP contribution in [0.1, 0.15) is 30.8 Å². The van der Waals surface area contributed by atoms with Crippen molar-refractivity contribution >= 4 is 16.3 Å². The molecule has 0 fully saturated rings. The maximum Gasteiger partial charge on any atom is 0.216 e. The standard InChI is InChI=1S/C10H16N4S/c1-8-7-15-10-13-12-9(14(8)10)5-3-2-4-6-11/h7H,2-6,11H2,1H3. The zero-order valence-corrected chi connectivity index (χ0v) is 9.76. The van der Waals surface area contributed by atoms with E-state index in [1.54, 1.807) is 11.3 Å². The summed E-state index contributed by atoms with van der Waals surface area (Å²) in [7, 11) is 0. The molecule has 0 bridgehead atoms. The molecule has 0 unspecified atom stereocenters. The zero-order chi connectivity index (χ0) is 10.7. The molecule has 2 heterocycles. The lowest BCUT2D eigenvalue weighted by Crippen LogP contribution is -2.00. The Labute approximate surface area is 93.1 Å². The van der Waals surface area contributed by atoms with E-state index in [1.807, 2.05) is 0 Å². The summed E-state index contributed by atoms with van der Waals surface area (Å²) >= 11 is 1.65. The normalized spacial score (nSPS) is 11.3. The summed E-state index contributed by atoms with van der Waals surface area (Å²) < 4.78 is 2.15. The predicted octanol–water partition coefficient (Wildman–Crippen LogP) is 1.77. The van der Waals surface area contributed by atoms with Gasteiger partial charge in [0.1, 0.15) is 5.82 Å². The Balaban J connectivity index is 2.04. The molecule has 2 aromatic rings. The minimum absolute atomic E-state index is 0.784. The van der Waals surface area contributed by atoms with Crippen LogP contribution in [0.25, 0.3) is 4.96 Å². The second-order valence-electron chi connectivity index (χ2n) is 3.71. The zero-order valence-electron chi connectivity index (χ0n) is 8.94. The minimum Gasteiger partial charge on any atom is -0.330 e. The van der Waals surface area contributed by atoms with E-state index in [0.29, 0.717) is 0 Å². The van der Waals surface area contributed by atoms with Crippen molar-refractivity contribution in [1.29, 1.82) is 0 Å². The first kappa shape index (κ1) is 10.6. The molecule has 0 atom stereocenters. The first-order valence-electron chi connectivity index (χ1n) is 5.31. The molecule has 0 saturated carbocycles. The van der Waals surface area contributed by atoms with Gasteiger partial charge in [-0.05, 0) is 26.3 Å². The van der Waals surface area contributed by atoms with Gasteiger partial charge in [0.2, 0.25) is 4.96 Å². The summed E-state index contributed by atoms with van der Waals surface area (Å²) in [5, 5.41) is 10.5. The first-order chi connectivity index (χ1) is 7.33. The smallest absolute Gasteiger partial charge is 0.216 e. The van der Waals surface area contributed by atoms with E-state index in [9.17, 15) is 0 Å². The molecule has 0 aliphatic rings. The largest absolute Gasteiger partial charge is 0.330 e. The van der Waals surface area contributed by atoms with Crippen LogP contribution in [0, 0.1) is 6.92 Å². The lowest BCUT2D eigenvalue weighted by molar-refractivity contribution is 0.664. The summed E-state index contributed by atoms with van der Waals surface area (Å²) in [6, 6.07) is 0. The van der Waals surface area contributed by atoms with Crippen LogP contribution in [0.4, 0.5) is 0 Å². The second kappa shape index (κ2) is 4.72. The number of aryl methyl sites for hydroxylation is 2. The Morgan fingerprint density at radius 3 is 3.00 bits per heavy atom. The maximum atomic E-state index is 5.45. The van der Waals surface area contributed by atoms with Crippen molar-refractivity contribution in [3.8, 4) is 0 Å². The molecule has 2 aromatic heterocycles. The fraction of sp³-hybridized carbons (Fsp3) is 0.600. The van der Waals surface area contributed by atoms with Crippen LogP contribution in [0.2, 0.25) is 0 Å². The topological polar surface area (TPSA) is 56.2 Å². The molecule has 2 rings (SSSR count). The number of hydrogen-bond acceptors (Lipinski definition) is 4. The van der Waals surface area contributed by atoms with Gasteiger partial charge in [0, 0.05) is 17.5 Å². The summed E-state index contributed by atoms with van der Waals surface area (Å²) in [5.74, 6) is 1.08. The molecule has 0 amide bonds. The molecule has 4 nitrogen and oxygen atoms in total. The fourth-order valence-corrected chi connectivity index (χ4v) is 2.51. The molecule has 15 heavy (non-hydrogen) atoms. The number of fused-ring (bicyclic) bond motifs is 1. The van der Waals surface area contributed by atoms with Gasteiger partial charge in [-0.1, -0.05) is 6.42 Å². The molecule has 82 valence electrons. The Kier molecular flexibility index (Phi) is 3.33. The molecule has 0 aliphatic heterocycles. The lowest BCUT2D eigenvalue weighted by Gasteiger charge is -1.99. The number of nitrogens with two attached hydrogens (primary N) is 1. The summed E-state index contributed by atoms with van der Waals surface area (Å²) in [6.45, 7) is 2.88. The van der Waals surface area contributed by atoms with Crippen molar-refractivity contribution in [3.05, 3.63) is 16.9 Å². The molecular weight excluding hydrogens is 208 g/mol. The van der Waals surface area contributed by atoms with E-state index in [-0.39, 0.29) is 0 Å². The molecule has 0 saturated heterocycles. The summed E-state index contributed by atoms with van der Waals surface area (Å²) in [5.41, 5.74) is 6.68. The highest BCUT2D eigenvalue weighted by Gasteiger charge is 2.08. The highest BCUT2D eigenvalue weighted by Crippen LogP contribution is 2.16. The summed E-state index contributed by atoms with van der Waals surface area (Å²) in [6.07, 6.45) is 4.42. The lowest BCUT2D eigenvalue weighted by atomic mass is 10.2. The number of thiazole rings is 1. The van der Waals surface area contributed by atoms with Gasteiger partial charge in [-0.25, -0.2) is 0 Å². The monoisotopic (exact) mass is 224 g/mol. The van der Waals surface area contributed by atoms with Crippen molar-refractivity contribution in [3.63, 3.8) is 0 Å². The van der Waals surface area contributed by atoms with E-state index in [4.69, 9.17) is 5.73 Å². The van der Waals surface area contributed by atoms with E-state index < -0.39 is 0 Å². The van der Waals surface area contributed by atoms with E-state index in [0.717, 1.165) is 36.6 Å². The minimum atomic E-state index is 0.784. The van der Waals surface area contributed by atoms with Crippen LogP contribution in [0.3, 0.4) is 0 Å². The third-order valence-corrected chi connectivity index (χ3v) is 3.43. The molecule has 5 heteroatoms. The Morgan fingerprint density at radius 2 is 2.20 bits per heavy atom. The van der Waals surface area contributed by atoms with Crippen molar-refractivity contribution in [1.82, 2.24) is 14.6 Å². The molecular formula is C10H16N4S. The van der Waals surface area contributed by atoms with Gasteiger partial charge in [0.15, 0.2) is 0 Å². The molecule has 0 spiro atoms. The highest BCUT2D eigenvalue weighted by molar-refractivity contribution is 7.15. The fourth-order valence-electron chi connectivity index (χ4n) is 1.69. The molecule has 0 radical (unpaired) electrons. The van der Waals surface area contributed by atoms with Gasteiger partial charge in [0.05, 0.1) is 0 Å². The number of unbranched alkanes of at least 4 members (excludes halogenated alkanes) is 2. The highest BCUT2D eigenvalue weighted by atomic mass is 32.1. The predicted molar refractivity (Wildman–Crippen MR) is 62.2 cm³/mol. The van der Waals surface area contributed by atoms with Gasteiger partial charge in [0.25, 0.3) is 0 Å². The average Bonchev–Trinajstić information content (AvgIpc) is 2.78. The second-order valence-corrected chi connectivity index (χ2v) is 4.55. The van der Waals surface area contributed by atoms with Gasteiger partial charge in [-0.2, -0.15) is 0 Å².